The number of halogens is 2. The maximum absolute atomic E-state index is 10.6. The molecule has 13 heavy (non-hydrogen) atoms. The standard InChI is InChI=1S/C6H3Cl2N2O3/c7-5-4(10(12)13)1-3(2-9-5)6(8)11/h1-2,12H/q-1. The minimum atomic E-state index is -0.785. The van der Waals surface area contributed by atoms with Crippen LogP contribution < -0.4 is 5.23 Å². The summed E-state index contributed by atoms with van der Waals surface area (Å²) in [7, 11) is 0. The molecule has 0 aliphatic rings. The van der Waals surface area contributed by atoms with Crippen molar-refractivity contribution >= 4 is 34.1 Å². The Morgan fingerprint density at radius 2 is 2.31 bits per heavy atom. The Kier molecular flexibility index (Phi) is 3.05. The van der Waals surface area contributed by atoms with Crippen LogP contribution in [0.3, 0.4) is 0 Å². The molecular weight excluding hydrogens is 219 g/mol. The van der Waals surface area contributed by atoms with Gasteiger partial charge >= 0.3 is 0 Å². The summed E-state index contributed by atoms with van der Waals surface area (Å²) >= 11 is 10.5. The molecule has 0 saturated heterocycles. The second-order valence-corrected chi connectivity index (χ2v) is 2.78. The van der Waals surface area contributed by atoms with Gasteiger partial charge in [0.1, 0.15) is 0 Å². The first-order chi connectivity index (χ1) is 6.02. The van der Waals surface area contributed by atoms with Gasteiger partial charge in [-0.05, 0) is 17.7 Å². The van der Waals surface area contributed by atoms with Gasteiger partial charge in [0.15, 0.2) is 5.15 Å². The molecule has 1 N–H and O–H groups in total. The molecule has 0 unspecified atom stereocenters. The van der Waals surface area contributed by atoms with Gasteiger partial charge in [0.05, 0.1) is 11.3 Å². The molecule has 1 aromatic rings. The minimum absolute atomic E-state index is 0.0176. The Morgan fingerprint density at radius 3 is 2.77 bits per heavy atom. The second-order valence-electron chi connectivity index (χ2n) is 2.08. The van der Waals surface area contributed by atoms with Crippen molar-refractivity contribution in [3.63, 3.8) is 0 Å². The van der Waals surface area contributed by atoms with Gasteiger partial charge in [-0.2, -0.15) is 0 Å². The van der Waals surface area contributed by atoms with E-state index >= 15 is 0 Å². The van der Waals surface area contributed by atoms with Crippen molar-refractivity contribution in [2.45, 2.75) is 0 Å². The number of carbonyl (C=O) groups is 1. The predicted octanol–water partition coefficient (Wildman–Crippen LogP) is 1.81. The number of aromatic nitrogens is 1. The molecule has 0 saturated carbocycles. The van der Waals surface area contributed by atoms with Crippen LogP contribution in [0.5, 0.6) is 0 Å². The molecule has 5 nitrogen and oxygen atoms in total. The zero-order valence-electron chi connectivity index (χ0n) is 6.07. The monoisotopic (exact) mass is 221 g/mol. The first-order valence-corrected chi connectivity index (χ1v) is 3.79. The van der Waals surface area contributed by atoms with E-state index in [4.69, 9.17) is 28.4 Å². The molecule has 70 valence electrons. The third kappa shape index (κ3) is 2.28. The summed E-state index contributed by atoms with van der Waals surface area (Å²) < 4.78 is 0. The van der Waals surface area contributed by atoms with Crippen molar-refractivity contribution in [3.05, 3.63) is 28.2 Å². The molecule has 7 heteroatoms. The highest BCUT2D eigenvalue weighted by Gasteiger charge is 2.07. The van der Waals surface area contributed by atoms with E-state index in [0.717, 1.165) is 12.3 Å². The van der Waals surface area contributed by atoms with Crippen LogP contribution in [0, 0.1) is 5.21 Å². The molecule has 0 amide bonds. The van der Waals surface area contributed by atoms with Crippen LogP contribution in [0.2, 0.25) is 5.15 Å². The van der Waals surface area contributed by atoms with Crippen molar-refractivity contribution in [2.24, 2.45) is 0 Å². The molecule has 0 aliphatic heterocycles. The summed E-state index contributed by atoms with van der Waals surface area (Å²) in [6.45, 7) is 0. The second kappa shape index (κ2) is 3.89. The minimum Gasteiger partial charge on any atom is -0.733 e. The molecule has 0 aliphatic carbocycles. The number of hydrogen-bond acceptors (Lipinski definition) is 5. The number of hydrogen-bond donors (Lipinski definition) is 1. The van der Waals surface area contributed by atoms with Gasteiger partial charge in [0.2, 0.25) is 0 Å². The number of pyridine rings is 1. The van der Waals surface area contributed by atoms with Gasteiger partial charge in [-0.1, -0.05) is 11.6 Å². The van der Waals surface area contributed by atoms with Crippen LogP contribution in [0.15, 0.2) is 12.3 Å². The molecule has 0 fully saturated rings. The molecule has 1 heterocycles. The Balaban J connectivity index is 3.19. The van der Waals surface area contributed by atoms with Gasteiger partial charge in [-0.3, -0.25) is 10.0 Å². The van der Waals surface area contributed by atoms with Crippen molar-refractivity contribution in [1.29, 1.82) is 0 Å². The van der Waals surface area contributed by atoms with Crippen LogP contribution in [0.4, 0.5) is 5.69 Å². The highest BCUT2D eigenvalue weighted by Crippen LogP contribution is 2.23. The van der Waals surface area contributed by atoms with Gasteiger partial charge in [0, 0.05) is 6.20 Å². The summed E-state index contributed by atoms with van der Waals surface area (Å²) in [5.41, 5.74) is -0.343. The smallest absolute Gasteiger partial charge is 0.254 e. The average molecular weight is 222 g/mol. The predicted molar refractivity (Wildman–Crippen MR) is 47.1 cm³/mol. The molecule has 1 rings (SSSR count). The fourth-order valence-electron chi connectivity index (χ4n) is 0.678. The lowest BCUT2D eigenvalue weighted by Gasteiger charge is -2.22. The topological polar surface area (TPSA) is 76.5 Å². The largest absolute Gasteiger partial charge is 0.733 e. The summed E-state index contributed by atoms with van der Waals surface area (Å²) in [4.78, 5) is 14.1. The van der Waals surface area contributed by atoms with E-state index in [1.165, 1.54) is 0 Å². The fourth-order valence-corrected chi connectivity index (χ4v) is 0.957. The highest BCUT2D eigenvalue weighted by molar-refractivity contribution is 6.67. The maximum atomic E-state index is 10.6. The van der Waals surface area contributed by atoms with Crippen molar-refractivity contribution in [1.82, 2.24) is 4.98 Å². The first kappa shape index (κ1) is 10.2. The van der Waals surface area contributed by atoms with Crippen molar-refractivity contribution < 1.29 is 10.0 Å². The van der Waals surface area contributed by atoms with E-state index in [1.807, 2.05) is 0 Å². The first-order valence-electron chi connectivity index (χ1n) is 3.04. The van der Waals surface area contributed by atoms with E-state index in [9.17, 15) is 10.0 Å². The fraction of sp³-hybridized carbons (Fsp3) is 0. The van der Waals surface area contributed by atoms with Gasteiger partial charge in [-0.15, -0.1) is 0 Å². The Labute approximate surface area is 83.0 Å². The van der Waals surface area contributed by atoms with Crippen LogP contribution in [-0.2, 0) is 0 Å². The molecule has 0 radical (unpaired) electrons. The number of nitrogens with zero attached hydrogens (tertiary/aromatic N) is 2. The quantitative estimate of drug-likeness (QED) is 0.469. The van der Waals surface area contributed by atoms with E-state index in [2.05, 4.69) is 4.98 Å². The number of carbonyl (C=O) groups excluding carboxylic acids is 1. The Morgan fingerprint density at radius 1 is 1.69 bits per heavy atom. The lowest BCUT2D eigenvalue weighted by atomic mass is 10.3. The van der Waals surface area contributed by atoms with Crippen molar-refractivity contribution in [2.75, 3.05) is 5.23 Å². The third-order valence-electron chi connectivity index (χ3n) is 1.25. The van der Waals surface area contributed by atoms with Crippen LogP contribution in [0.25, 0.3) is 0 Å². The van der Waals surface area contributed by atoms with Gasteiger partial charge < -0.3 is 10.4 Å². The number of anilines is 1. The molecule has 0 spiro atoms. The number of rotatable bonds is 2. The molecule has 0 atom stereocenters. The van der Waals surface area contributed by atoms with E-state index < -0.39 is 10.5 Å². The summed E-state index contributed by atoms with van der Waals surface area (Å²) in [6, 6.07) is 1.04. The summed E-state index contributed by atoms with van der Waals surface area (Å²) in [6.07, 6.45) is 1.10. The van der Waals surface area contributed by atoms with Crippen LogP contribution in [0.1, 0.15) is 10.4 Å². The molecular formula is C6H3Cl2N2O3-. The summed E-state index contributed by atoms with van der Waals surface area (Å²) in [5.74, 6) is 0. The Bertz CT molecular complexity index is 343. The lowest BCUT2D eigenvalue weighted by molar-refractivity contribution is 0.108. The van der Waals surface area contributed by atoms with Gasteiger partial charge in [-0.25, -0.2) is 4.98 Å². The average Bonchev–Trinajstić information content (AvgIpc) is 2.04. The Hall–Kier alpha value is -0.880. The zero-order valence-corrected chi connectivity index (χ0v) is 7.58. The van der Waals surface area contributed by atoms with Crippen LogP contribution >= 0.6 is 23.2 Å². The van der Waals surface area contributed by atoms with E-state index in [-0.39, 0.29) is 16.4 Å². The zero-order chi connectivity index (χ0) is 10.0. The summed E-state index contributed by atoms with van der Waals surface area (Å²) in [5, 5.41) is 17.5. The van der Waals surface area contributed by atoms with Crippen LogP contribution in [-0.4, -0.2) is 15.4 Å². The molecule has 0 aromatic carbocycles. The molecule has 0 bridgehead atoms. The lowest BCUT2D eigenvalue weighted by Crippen LogP contribution is -2.09. The SMILES string of the molecule is O=C(Cl)c1cnc(Cl)c(N([O-])O)c1. The van der Waals surface area contributed by atoms with E-state index in [0.29, 0.717) is 0 Å². The highest BCUT2D eigenvalue weighted by atomic mass is 35.5. The van der Waals surface area contributed by atoms with Gasteiger partial charge in [0.25, 0.3) is 5.24 Å². The molecule has 1 aromatic heterocycles. The third-order valence-corrected chi connectivity index (χ3v) is 1.76. The van der Waals surface area contributed by atoms with E-state index in [1.54, 1.807) is 0 Å². The normalized spacial score (nSPS) is 9.85. The van der Waals surface area contributed by atoms with Crippen molar-refractivity contribution in [3.8, 4) is 0 Å². The maximum Gasteiger partial charge on any atom is 0.254 e.